The van der Waals surface area contributed by atoms with Gasteiger partial charge in [-0.1, -0.05) is 54.1 Å². The molecule has 0 spiro atoms. The Kier molecular flexibility index (Phi) is 7.66. The molecular formula is C25H28N2O4S. The predicted molar refractivity (Wildman–Crippen MR) is 126 cm³/mol. The van der Waals surface area contributed by atoms with Gasteiger partial charge in [0, 0.05) is 6.54 Å². The summed E-state index contributed by atoms with van der Waals surface area (Å²) < 4.78 is 33.2. The lowest BCUT2D eigenvalue weighted by molar-refractivity contribution is -0.116. The summed E-state index contributed by atoms with van der Waals surface area (Å²) >= 11 is 0. The van der Waals surface area contributed by atoms with Crippen molar-refractivity contribution in [2.24, 2.45) is 0 Å². The van der Waals surface area contributed by atoms with Gasteiger partial charge in [-0.05, 0) is 55.7 Å². The maximum Gasteiger partial charge on any atom is 0.243 e. The molecule has 168 valence electrons. The summed E-state index contributed by atoms with van der Waals surface area (Å²) in [5.74, 6) is 0.0822. The van der Waals surface area contributed by atoms with Crippen LogP contribution in [0, 0.1) is 13.8 Å². The fraction of sp³-hybridized carbons (Fsp3) is 0.240. The van der Waals surface area contributed by atoms with E-state index >= 15 is 0 Å². The quantitative estimate of drug-likeness (QED) is 0.528. The van der Waals surface area contributed by atoms with Crippen molar-refractivity contribution >= 4 is 21.6 Å². The first kappa shape index (κ1) is 23.5. The van der Waals surface area contributed by atoms with Crippen molar-refractivity contribution in [2.45, 2.75) is 25.2 Å². The van der Waals surface area contributed by atoms with Gasteiger partial charge in [-0.3, -0.25) is 4.79 Å². The van der Waals surface area contributed by atoms with Crippen molar-refractivity contribution in [1.82, 2.24) is 4.31 Å². The van der Waals surface area contributed by atoms with E-state index in [2.05, 4.69) is 5.32 Å². The van der Waals surface area contributed by atoms with E-state index in [4.69, 9.17) is 4.74 Å². The standard InChI is InChI=1S/C25H28N2O4S/c1-19-9-12-22(13-10-19)32(29,30)27(16-15-21-7-5-4-6-8-21)18-25(28)26-23-17-20(2)11-14-24(23)31-3/h4-14,17H,15-16,18H2,1-3H3,(H,26,28). The Morgan fingerprint density at radius 3 is 2.25 bits per heavy atom. The second kappa shape index (κ2) is 10.4. The van der Waals surface area contributed by atoms with E-state index in [1.165, 1.54) is 11.4 Å². The number of anilines is 1. The Bertz CT molecular complexity index is 1160. The zero-order valence-electron chi connectivity index (χ0n) is 18.5. The molecule has 1 amide bonds. The minimum atomic E-state index is -3.86. The molecule has 1 N–H and O–H groups in total. The lowest BCUT2D eigenvalue weighted by atomic mass is 10.1. The summed E-state index contributed by atoms with van der Waals surface area (Å²) in [7, 11) is -2.34. The predicted octanol–water partition coefficient (Wildman–Crippen LogP) is 4.18. The lowest BCUT2D eigenvalue weighted by Crippen LogP contribution is -2.39. The Morgan fingerprint density at radius 1 is 0.938 bits per heavy atom. The van der Waals surface area contributed by atoms with Gasteiger partial charge in [-0.15, -0.1) is 0 Å². The minimum absolute atomic E-state index is 0.164. The Morgan fingerprint density at radius 2 is 1.59 bits per heavy atom. The Labute approximate surface area is 189 Å². The number of nitrogens with zero attached hydrogens (tertiary/aromatic N) is 1. The van der Waals surface area contributed by atoms with Crippen LogP contribution in [-0.2, 0) is 21.2 Å². The van der Waals surface area contributed by atoms with Crippen molar-refractivity contribution in [2.75, 3.05) is 25.5 Å². The van der Waals surface area contributed by atoms with Crippen LogP contribution in [-0.4, -0.2) is 38.8 Å². The van der Waals surface area contributed by atoms with Crippen molar-refractivity contribution in [3.8, 4) is 5.75 Å². The number of amides is 1. The molecule has 3 rings (SSSR count). The van der Waals surface area contributed by atoms with E-state index in [0.717, 1.165) is 16.7 Å². The van der Waals surface area contributed by atoms with Crippen molar-refractivity contribution in [1.29, 1.82) is 0 Å². The third-order valence-electron chi connectivity index (χ3n) is 5.10. The van der Waals surface area contributed by atoms with Crippen LogP contribution in [0.25, 0.3) is 0 Å². The summed E-state index contributed by atoms with van der Waals surface area (Å²) in [6, 6.07) is 21.7. The number of hydrogen-bond acceptors (Lipinski definition) is 4. The molecule has 6 nitrogen and oxygen atoms in total. The third kappa shape index (κ3) is 5.96. The number of ether oxygens (including phenoxy) is 1. The smallest absolute Gasteiger partial charge is 0.243 e. The van der Waals surface area contributed by atoms with E-state index in [1.807, 2.05) is 50.2 Å². The molecule has 0 radical (unpaired) electrons. The van der Waals surface area contributed by atoms with Crippen LogP contribution in [0.3, 0.4) is 0 Å². The molecule has 7 heteroatoms. The van der Waals surface area contributed by atoms with Gasteiger partial charge in [0.15, 0.2) is 0 Å². The zero-order valence-corrected chi connectivity index (χ0v) is 19.4. The molecule has 0 fully saturated rings. The zero-order chi connectivity index (χ0) is 23.1. The molecule has 0 aliphatic carbocycles. The molecule has 0 saturated carbocycles. The maximum atomic E-state index is 13.4. The number of carbonyl (C=O) groups excluding carboxylic acids is 1. The number of rotatable bonds is 9. The topological polar surface area (TPSA) is 75.7 Å². The summed E-state index contributed by atoms with van der Waals surface area (Å²) in [4.78, 5) is 13.0. The summed E-state index contributed by atoms with van der Waals surface area (Å²) in [5.41, 5.74) is 3.42. The van der Waals surface area contributed by atoms with Crippen LogP contribution in [0.5, 0.6) is 5.75 Å². The number of sulfonamides is 1. The van der Waals surface area contributed by atoms with Crippen LogP contribution >= 0.6 is 0 Å². The summed E-state index contributed by atoms with van der Waals surface area (Å²) in [5, 5.41) is 2.79. The fourth-order valence-electron chi connectivity index (χ4n) is 3.31. The molecule has 32 heavy (non-hydrogen) atoms. The molecule has 0 aromatic heterocycles. The third-order valence-corrected chi connectivity index (χ3v) is 6.96. The average Bonchev–Trinajstić information content (AvgIpc) is 2.77. The van der Waals surface area contributed by atoms with E-state index in [9.17, 15) is 13.2 Å². The fourth-order valence-corrected chi connectivity index (χ4v) is 4.71. The van der Waals surface area contributed by atoms with Gasteiger partial charge >= 0.3 is 0 Å². The average molecular weight is 453 g/mol. The molecule has 0 aliphatic heterocycles. The minimum Gasteiger partial charge on any atom is -0.495 e. The number of methoxy groups -OCH3 is 1. The SMILES string of the molecule is COc1ccc(C)cc1NC(=O)CN(CCc1ccccc1)S(=O)(=O)c1ccc(C)cc1. The first-order valence-electron chi connectivity index (χ1n) is 10.3. The number of nitrogens with one attached hydrogen (secondary N) is 1. The number of benzene rings is 3. The molecular weight excluding hydrogens is 424 g/mol. The van der Waals surface area contributed by atoms with Gasteiger partial charge in [-0.2, -0.15) is 4.31 Å². The number of carbonyl (C=O) groups is 1. The van der Waals surface area contributed by atoms with Gasteiger partial charge < -0.3 is 10.1 Å². The number of aryl methyl sites for hydroxylation is 2. The van der Waals surface area contributed by atoms with E-state index < -0.39 is 15.9 Å². The van der Waals surface area contributed by atoms with Crippen molar-refractivity contribution in [3.63, 3.8) is 0 Å². The molecule has 3 aromatic rings. The van der Waals surface area contributed by atoms with Crippen LogP contribution < -0.4 is 10.1 Å². The van der Waals surface area contributed by atoms with Crippen molar-refractivity contribution < 1.29 is 17.9 Å². The van der Waals surface area contributed by atoms with Gasteiger partial charge in [0.25, 0.3) is 0 Å². The molecule has 0 saturated heterocycles. The van der Waals surface area contributed by atoms with E-state index in [-0.39, 0.29) is 18.0 Å². The van der Waals surface area contributed by atoms with Crippen LogP contribution in [0.15, 0.2) is 77.7 Å². The molecule has 0 bridgehead atoms. The summed E-state index contributed by atoms with van der Waals surface area (Å²) in [6.45, 7) is 3.67. The first-order chi connectivity index (χ1) is 15.3. The highest BCUT2D eigenvalue weighted by molar-refractivity contribution is 7.89. The van der Waals surface area contributed by atoms with Gasteiger partial charge in [-0.25, -0.2) is 8.42 Å². The molecule has 0 aliphatic rings. The highest BCUT2D eigenvalue weighted by Gasteiger charge is 2.27. The number of hydrogen-bond donors (Lipinski definition) is 1. The van der Waals surface area contributed by atoms with Crippen LogP contribution in [0.4, 0.5) is 5.69 Å². The molecule has 0 unspecified atom stereocenters. The van der Waals surface area contributed by atoms with Gasteiger partial charge in [0.2, 0.25) is 15.9 Å². The summed E-state index contributed by atoms with van der Waals surface area (Å²) in [6.07, 6.45) is 0.493. The van der Waals surface area contributed by atoms with Gasteiger partial charge in [0.1, 0.15) is 5.75 Å². The second-order valence-electron chi connectivity index (χ2n) is 7.64. The van der Waals surface area contributed by atoms with Crippen LogP contribution in [0.2, 0.25) is 0 Å². The molecule has 3 aromatic carbocycles. The maximum absolute atomic E-state index is 13.4. The van der Waals surface area contributed by atoms with Crippen molar-refractivity contribution in [3.05, 3.63) is 89.5 Å². The van der Waals surface area contributed by atoms with E-state index in [0.29, 0.717) is 17.9 Å². The van der Waals surface area contributed by atoms with E-state index in [1.54, 1.807) is 36.4 Å². The Hall–Kier alpha value is -3.16. The molecule has 0 heterocycles. The first-order valence-corrected chi connectivity index (χ1v) is 11.8. The normalized spacial score (nSPS) is 11.4. The largest absolute Gasteiger partial charge is 0.495 e. The highest BCUT2D eigenvalue weighted by Crippen LogP contribution is 2.25. The van der Waals surface area contributed by atoms with Gasteiger partial charge in [0.05, 0.1) is 24.2 Å². The molecule has 0 atom stereocenters. The van der Waals surface area contributed by atoms with Crippen LogP contribution in [0.1, 0.15) is 16.7 Å². The second-order valence-corrected chi connectivity index (χ2v) is 9.58. The lowest BCUT2D eigenvalue weighted by Gasteiger charge is -2.22. The highest BCUT2D eigenvalue weighted by atomic mass is 32.2. The monoisotopic (exact) mass is 452 g/mol. The Balaban J connectivity index is 1.84.